The number of anilines is 3. The summed E-state index contributed by atoms with van der Waals surface area (Å²) < 4.78 is 5.12. The first-order valence-corrected chi connectivity index (χ1v) is 6.33. The molecule has 2 N–H and O–H groups in total. The van der Waals surface area contributed by atoms with Crippen molar-refractivity contribution in [3.05, 3.63) is 48.7 Å². The molecule has 0 aliphatic rings. The highest BCUT2D eigenvalue weighted by molar-refractivity contribution is 5.56. The van der Waals surface area contributed by atoms with Gasteiger partial charge in [-0.15, -0.1) is 6.58 Å². The lowest BCUT2D eigenvalue weighted by molar-refractivity contribution is 0.415. The van der Waals surface area contributed by atoms with Gasteiger partial charge in [0.1, 0.15) is 11.6 Å². The monoisotopic (exact) mass is 270 g/mol. The van der Waals surface area contributed by atoms with E-state index in [9.17, 15) is 0 Å². The van der Waals surface area contributed by atoms with Gasteiger partial charge < -0.3 is 15.4 Å². The molecular weight excluding hydrogens is 252 g/mol. The minimum atomic E-state index is 0.557. The van der Waals surface area contributed by atoms with Gasteiger partial charge in [-0.3, -0.25) is 0 Å². The molecule has 104 valence electrons. The number of rotatable bonds is 6. The van der Waals surface area contributed by atoms with E-state index < -0.39 is 0 Å². The summed E-state index contributed by atoms with van der Waals surface area (Å²) in [6.45, 7) is 6.27. The molecule has 0 amide bonds. The van der Waals surface area contributed by atoms with Crippen LogP contribution in [0, 0.1) is 6.92 Å². The summed E-state index contributed by atoms with van der Waals surface area (Å²) in [5.41, 5.74) is 1.80. The maximum absolute atomic E-state index is 5.12. The van der Waals surface area contributed by atoms with Crippen LogP contribution in [-0.4, -0.2) is 23.6 Å². The van der Waals surface area contributed by atoms with Gasteiger partial charge in [-0.25, -0.2) is 4.98 Å². The van der Waals surface area contributed by atoms with Crippen molar-refractivity contribution in [2.75, 3.05) is 24.3 Å². The normalized spacial score (nSPS) is 9.90. The van der Waals surface area contributed by atoms with Crippen molar-refractivity contribution in [1.29, 1.82) is 0 Å². The van der Waals surface area contributed by atoms with Crippen molar-refractivity contribution in [2.24, 2.45) is 0 Å². The van der Waals surface area contributed by atoms with E-state index in [0.717, 1.165) is 22.9 Å². The fourth-order valence-corrected chi connectivity index (χ4v) is 1.70. The molecule has 1 aromatic heterocycles. The molecule has 0 saturated heterocycles. The first-order chi connectivity index (χ1) is 9.71. The van der Waals surface area contributed by atoms with Gasteiger partial charge in [0.25, 0.3) is 0 Å². The molecular formula is C15H18N4O. The summed E-state index contributed by atoms with van der Waals surface area (Å²) in [5.74, 6) is 2.14. The molecule has 1 heterocycles. The Kier molecular flexibility index (Phi) is 4.55. The van der Waals surface area contributed by atoms with Crippen LogP contribution < -0.4 is 15.4 Å². The van der Waals surface area contributed by atoms with Crippen LogP contribution in [0.2, 0.25) is 0 Å². The Morgan fingerprint density at radius 1 is 1.25 bits per heavy atom. The summed E-state index contributed by atoms with van der Waals surface area (Å²) in [6, 6.07) is 9.50. The molecule has 1 aromatic carbocycles. The summed E-state index contributed by atoms with van der Waals surface area (Å²) in [5, 5.41) is 6.32. The van der Waals surface area contributed by atoms with E-state index >= 15 is 0 Å². The zero-order chi connectivity index (χ0) is 14.4. The molecule has 0 bridgehead atoms. The SMILES string of the molecule is C=CCNc1cc(C)nc(Nc2ccc(OC)cc2)n1. The lowest BCUT2D eigenvalue weighted by atomic mass is 10.3. The topological polar surface area (TPSA) is 59.1 Å². The lowest BCUT2D eigenvalue weighted by Gasteiger charge is -2.09. The van der Waals surface area contributed by atoms with Crippen LogP contribution in [0.25, 0.3) is 0 Å². The highest BCUT2D eigenvalue weighted by Gasteiger charge is 2.02. The van der Waals surface area contributed by atoms with Gasteiger partial charge >= 0.3 is 0 Å². The number of aryl methyl sites for hydroxylation is 1. The average molecular weight is 270 g/mol. The van der Waals surface area contributed by atoms with Gasteiger partial charge in [-0.1, -0.05) is 6.08 Å². The summed E-state index contributed by atoms with van der Waals surface area (Å²) in [4.78, 5) is 8.76. The molecule has 0 spiro atoms. The van der Waals surface area contributed by atoms with Crippen LogP contribution in [0.4, 0.5) is 17.5 Å². The average Bonchev–Trinajstić information content (AvgIpc) is 2.45. The standard InChI is InChI=1S/C15H18N4O/c1-4-9-16-14-10-11(2)17-15(19-14)18-12-5-7-13(20-3)8-6-12/h4-8,10H,1,9H2,2-3H3,(H2,16,17,18,19). The van der Waals surface area contributed by atoms with Crippen molar-refractivity contribution >= 4 is 17.5 Å². The second-order valence-electron chi connectivity index (χ2n) is 4.24. The third kappa shape index (κ3) is 3.71. The first kappa shape index (κ1) is 13.9. The number of aromatic nitrogens is 2. The smallest absolute Gasteiger partial charge is 0.229 e. The number of methoxy groups -OCH3 is 1. The molecule has 2 rings (SSSR count). The predicted molar refractivity (Wildman–Crippen MR) is 81.7 cm³/mol. The number of ether oxygens (including phenoxy) is 1. The van der Waals surface area contributed by atoms with Crippen LogP contribution in [0.1, 0.15) is 5.69 Å². The van der Waals surface area contributed by atoms with Crippen LogP contribution in [0.15, 0.2) is 43.0 Å². The van der Waals surface area contributed by atoms with Crippen LogP contribution in [0.3, 0.4) is 0 Å². The second kappa shape index (κ2) is 6.56. The molecule has 0 aliphatic carbocycles. The highest BCUT2D eigenvalue weighted by Crippen LogP contribution is 2.19. The van der Waals surface area contributed by atoms with Gasteiger partial charge in [-0.05, 0) is 31.2 Å². The summed E-state index contributed by atoms with van der Waals surface area (Å²) >= 11 is 0. The predicted octanol–water partition coefficient (Wildman–Crippen LogP) is 3.14. The molecule has 0 unspecified atom stereocenters. The Hall–Kier alpha value is -2.56. The molecule has 0 atom stereocenters. The maximum atomic E-state index is 5.12. The third-order valence-corrected chi connectivity index (χ3v) is 2.63. The lowest BCUT2D eigenvalue weighted by Crippen LogP contribution is -2.05. The van der Waals surface area contributed by atoms with Gasteiger partial charge in [0.2, 0.25) is 5.95 Å². The Balaban J connectivity index is 2.14. The maximum Gasteiger partial charge on any atom is 0.229 e. The third-order valence-electron chi connectivity index (χ3n) is 2.63. The van der Waals surface area contributed by atoms with Crippen LogP contribution in [-0.2, 0) is 0 Å². The number of hydrogen-bond acceptors (Lipinski definition) is 5. The van der Waals surface area contributed by atoms with Gasteiger partial charge in [-0.2, -0.15) is 4.98 Å². The minimum Gasteiger partial charge on any atom is -0.497 e. The van der Waals surface area contributed by atoms with E-state index in [4.69, 9.17) is 4.74 Å². The van der Waals surface area contributed by atoms with Crippen LogP contribution >= 0.6 is 0 Å². The first-order valence-electron chi connectivity index (χ1n) is 6.33. The van der Waals surface area contributed by atoms with Gasteiger partial charge in [0.05, 0.1) is 7.11 Å². The molecule has 5 heteroatoms. The van der Waals surface area contributed by atoms with Crippen molar-refractivity contribution in [1.82, 2.24) is 9.97 Å². The van der Waals surface area contributed by atoms with E-state index in [0.29, 0.717) is 12.5 Å². The van der Waals surface area contributed by atoms with Gasteiger partial charge in [0.15, 0.2) is 0 Å². The molecule has 20 heavy (non-hydrogen) atoms. The number of nitrogens with one attached hydrogen (secondary N) is 2. The van der Waals surface area contributed by atoms with E-state index in [1.165, 1.54) is 0 Å². The van der Waals surface area contributed by atoms with E-state index in [1.807, 2.05) is 37.3 Å². The Morgan fingerprint density at radius 2 is 2.00 bits per heavy atom. The number of benzene rings is 1. The molecule has 0 aliphatic heterocycles. The quantitative estimate of drug-likeness (QED) is 0.790. The van der Waals surface area contributed by atoms with Crippen molar-refractivity contribution in [3.8, 4) is 5.75 Å². The number of hydrogen-bond donors (Lipinski definition) is 2. The molecule has 0 saturated carbocycles. The minimum absolute atomic E-state index is 0.557. The van der Waals surface area contributed by atoms with Crippen molar-refractivity contribution < 1.29 is 4.74 Å². The second-order valence-corrected chi connectivity index (χ2v) is 4.24. The molecule has 0 radical (unpaired) electrons. The Labute approximate surface area is 118 Å². The van der Waals surface area contributed by atoms with E-state index in [-0.39, 0.29) is 0 Å². The van der Waals surface area contributed by atoms with Crippen LogP contribution in [0.5, 0.6) is 5.75 Å². The largest absolute Gasteiger partial charge is 0.497 e. The van der Waals surface area contributed by atoms with Crippen molar-refractivity contribution in [2.45, 2.75) is 6.92 Å². The summed E-state index contributed by atoms with van der Waals surface area (Å²) in [7, 11) is 1.64. The summed E-state index contributed by atoms with van der Waals surface area (Å²) in [6.07, 6.45) is 1.79. The zero-order valence-electron chi connectivity index (χ0n) is 11.7. The molecule has 0 fully saturated rings. The van der Waals surface area contributed by atoms with E-state index in [1.54, 1.807) is 13.2 Å². The van der Waals surface area contributed by atoms with E-state index in [2.05, 4.69) is 27.2 Å². The Morgan fingerprint density at radius 3 is 2.65 bits per heavy atom. The fraction of sp³-hybridized carbons (Fsp3) is 0.200. The molecule has 5 nitrogen and oxygen atoms in total. The fourth-order valence-electron chi connectivity index (χ4n) is 1.70. The number of nitrogens with zero attached hydrogens (tertiary/aromatic N) is 2. The zero-order valence-corrected chi connectivity index (χ0v) is 11.7. The Bertz CT molecular complexity index is 581. The highest BCUT2D eigenvalue weighted by atomic mass is 16.5. The van der Waals surface area contributed by atoms with Gasteiger partial charge in [0, 0.05) is 24.0 Å². The van der Waals surface area contributed by atoms with Crippen molar-refractivity contribution in [3.63, 3.8) is 0 Å². The molecule has 2 aromatic rings.